The molecule has 1 aromatic carbocycles. The van der Waals surface area contributed by atoms with Gasteiger partial charge in [0.1, 0.15) is 11.3 Å². The highest BCUT2D eigenvalue weighted by atomic mass is 127. The standard InChI is InChI=1S/C14H14INO3/c1-14(2,3)19-13(18)16-10-7-5-4-6-9(10)12(15)11(16)8-17/h4-8H,1-3H3. The van der Waals surface area contributed by atoms with Crippen LogP contribution in [0.25, 0.3) is 10.9 Å². The van der Waals surface area contributed by atoms with E-state index in [1.54, 1.807) is 26.8 Å². The third kappa shape index (κ3) is 2.65. The Hall–Kier alpha value is -1.37. The van der Waals surface area contributed by atoms with E-state index >= 15 is 0 Å². The van der Waals surface area contributed by atoms with Gasteiger partial charge >= 0.3 is 6.09 Å². The van der Waals surface area contributed by atoms with Crippen LogP contribution in [0.2, 0.25) is 0 Å². The van der Waals surface area contributed by atoms with Crippen molar-refractivity contribution in [2.45, 2.75) is 26.4 Å². The number of fused-ring (bicyclic) bond motifs is 1. The molecule has 0 bridgehead atoms. The summed E-state index contributed by atoms with van der Waals surface area (Å²) in [6, 6.07) is 7.38. The third-order valence-corrected chi connectivity index (χ3v) is 3.67. The van der Waals surface area contributed by atoms with Crippen molar-refractivity contribution >= 4 is 45.9 Å². The molecule has 2 rings (SSSR count). The molecule has 1 heterocycles. The molecule has 0 saturated heterocycles. The van der Waals surface area contributed by atoms with Crippen LogP contribution in [0.4, 0.5) is 4.79 Å². The lowest BCUT2D eigenvalue weighted by molar-refractivity contribution is 0.0538. The number of benzene rings is 1. The van der Waals surface area contributed by atoms with Crippen molar-refractivity contribution in [2.75, 3.05) is 0 Å². The first-order valence-corrected chi connectivity index (χ1v) is 6.90. The van der Waals surface area contributed by atoms with E-state index in [1.165, 1.54) is 4.57 Å². The lowest BCUT2D eigenvalue weighted by Crippen LogP contribution is -2.28. The van der Waals surface area contributed by atoms with E-state index in [-0.39, 0.29) is 0 Å². The van der Waals surface area contributed by atoms with Crippen molar-refractivity contribution in [1.82, 2.24) is 4.57 Å². The largest absolute Gasteiger partial charge is 0.443 e. The average molecular weight is 371 g/mol. The van der Waals surface area contributed by atoms with E-state index in [4.69, 9.17) is 4.74 Å². The van der Waals surface area contributed by atoms with E-state index in [2.05, 4.69) is 22.6 Å². The molecule has 19 heavy (non-hydrogen) atoms. The van der Waals surface area contributed by atoms with Crippen LogP contribution in [-0.4, -0.2) is 22.5 Å². The van der Waals surface area contributed by atoms with E-state index in [1.807, 2.05) is 18.2 Å². The van der Waals surface area contributed by atoms with Crippen LogP contribution in [-0.2, 0) is 4.74 Å². The molecular formula is C14H14INO3. The maximum absolute atomic E-state index is 12.2. The van der Waals surface area contributed by atoms with Crippen molar-refractivity contribution in [2.24, 2.45) is 0 Å². The summed E-state index contributed by atoms with van der Waals surface area (Å²) < 4.78 is 7.44. The number of para-hydroxylation sites is 1. The second-order valence-electron chi connectivity index (χ2n) is 5.15. The van der Waals surface area contributed by atoms with E-state index < -0.39 is 11.7 Å². The summed E-state index contributed by atoms with van der Waals surface area (Å²) in [5, 5.41) is 0.871. The maximum atomic E-state index is 12.2. The van der Waals surface area contributed by atoms with Gasteiger partial charge in [0.05, 0.1) is 9.09 Å². The Labute approximate surface area is 124 Å². The van der Waals surface area contributed by atoms with Gasteiger partial charge in [0.2, 0.25) is 0 Å². The van der Waals surface area contributed by atoms with Crippen molar-refractivity contribution in [3.8, 4) is 0 Å². The fraction of sp³-hybridized carbons (Fsp3) is 0.286. The predicted octanol–water partition coefficient (Wildman–Crippen LogP) is 3.84. The molecular weight excluding hydrogens is 357 g/mol. The summed E-state index contributed by atoms with van der Waals surface area (Å²) in [6.45, 7) is 5.38. The van der Waals surface area contributed by atoms with Crippen LogP contribution >= 0.6 is 22.6 Å². The molecule has 0 fully saturated rings. The van der Waals surface area contributed by atoms with Gasteiger partial charge in [0.25, 0.3) is 0 Å². The monoisotopic (exact) mass is 371 g/mol. The summed E-state index contributed by atoms with van der Waals surface area (Å²) in [5.41, 5.74) is 0.410. The average Bonchev–Trinajstić information content (AvgIpc) is 2.60. The van der Waals surface area contributed by atoms with Crippen molar-refractivity contribution in [3.63, 3.8) is 0 Å². The fourth-order valence-corrected chi connectivity index (χ4v) is 2.65. The van der Waals surface area contributed by atoms with Gasteiger partial charge in [0, 0.05) is 5.39 Å². The number of nitrogens with zero attached hydrogens (tertiary/aromatic N) is 1. The summed E-state index contributed by atoms with van der Waals surface area (Å²) in [6.07, 6.45) is 0.153. The molecule has 0 aliphatic rings. The number of hydrogen-bond acceptors (Lipinski definition) is 3. The Morgan fingerprint density at radius 3 is 2.53 bits per heavy atom. The lowest BCUT2D eigenvalue weighted by atomic mass is 10.2. The summed E-state index contributed by atoms with van der Waals surface area (Å²) in [4.78, 5) is 23.5. The summed E-state index contributed by atoms with van der Waals surface area (Å²) in [5.74, 6) is 0. The van der Waals surface area contributed by atoms with Crippen LogP contribution < -0.4 is 0 Å². The Morgan fingerprint density at radius 1 is 1.32 bits per heavy atom. The van der Waals surface area contributed by atoms with Crippen molar-refractivity contribution in [1.29, 1.82) is 0 Å². The SMILES string of the molecule is CC(C)(C)OC(=O)n1c(C=O)c(I)c2ccccc21. The van der Waals surface area contributed by atoms with Gasteiger partial charge in [-0.15, -0.1) is 0 Å². The van der Waals surface area contributed by atoms with Crippen molar-refractivity contribution < 1.29 is 14.3 Å². The topological polar surface area (TPSA) is 48.3 Å². The molecule has 0 aliphatic heterocycles. The van der Waals surface area contributed by atoms with Gasteiger partial charge < -0.3 is 4.74 Å². The normalized spacial score (nSPS) is 11.6. The number of halogens is 1. The van der Waals surface area contributed by atoms with Crippen LogP contribution in [0.5, 0.6) is 0 Å². The zero-order valence-corrected chi connectivity index (χ0v) is 13.1. The van der Waals surface area contributed by atoms with E-state index in [0.717, 1.165) is 8.96 Å². The molecule has 5 heteroatoms. The number of carbonyl (C=O) groups excluding carboxylic acids is 2. The van der Waals surface area contributed by atoms with Gasteiger partial charge in [-0.05, 0) is 49.4 Å². The van der Waals surface area contributed by atoms with Gasteiger partial charge in [-0.1, -0.05) is 18.2 Å². The molecule has 1 aromatic heterocycles. The second kappa shape index (κ2) is 4.96. The number of aldehydes is 1. The Morgan fingerprint density at radius 2 is 1.95 bits per heavy atom. The molecule has 0 spiro atoms. The lowest BCUT2D eigenvalue weighted by Gasteiger charge is -2.20. The van der Waals surface area contributed by atoms with Crippen LogP contribution in [0.1, 0.15) is 31.3 Å². The highest BCUT2D eigenvalue weighted by Gasteiger charge is 2.24. The molecule has 0 saturated carbocycles. The summed E-state index contributed by atoms with van der Waals surface area (Å²) >= 11 is 2.07. The van der Waals surface area contributed by atoms with Gasteiger partial charge in [-0.25, -0.2) is 9.36 Å². The highest BCUT2D eigenvalue weighted by molar-refractivity contribution is 14.1. The molecule has 0 N–H and O–H groups in total. The molecule has 0 radical (unpaired) electrons. The molecule has 100 valence electrons. The van der Waals surface area contributed by atoms with Gasteiger partial charge in [0.15, 0.2) is 6.29 Å². The first kappa shape index (κ1) is 14.0. The van der Waals surface area contributed by atoms with Crippen molar-refractivity contribution in [3.05, 3.63) is 33.5 Å². The zero-order chi connectivity index (χ0) is 14.2. The maximum Gasteiger partial charge on any atom is 0.419 e. The highest BCUT2D eigenvalue weighted by Crippen LogP contribution is 2.27. The third-order valence-electron chi connectivity index (χ3n) is 2.53. The zero-order valence-electron chi connectivity index (χ0n) is 10.9. The van der Waals surface area contributed by atoms with Crippen LogP contribution in [0.15, 0.2) is 24.3 Å². The van der Waals surface area contributed by atoms with Gasteiger partial charge in [-0.3, -0.25) is 4.79 Å². The van der Waals surface area contributed by atoms with Gasteiger partial charge in [-0.2, -0.15) is 0 Å². The number of ether oxygens (including phenoxy) is 1. The Bertz CT molecular complexity index is 652. The number of carbonyl (C=O) groups is 2. The molecule has 2 aromatic rings. The molecule has 0 aliphatic carbocycles. The van der Waals surface area contributed by atoms with E-state index in [9.17, 15) is 9.59 Å². The molecule has 4 nitrogen and oxygen atoms in total. The predicted molar refractivity (Wildman–Crippen MR) is 81.7 cm³/mol. The fourth-order valence-electron chi connectivity index (χ4n) is 1.83. The number of aromatic nitrogens is 1. The minimum Gasteiger partial charge on any atom is -0.443 e. The van der Waals surface area contributed by atoms with E-state index in [0.29, 0.717) is 17.5 Å². The Kier molecular flexibility index (Phi) is 3.66. The quantitative estimate of drug-likeness (QED) is 0.565. The molecule has 0 atom stereocenters. The summed E-state index contributed by atoms with van der Waals surface area (Å²) in [7, 11) is 0. The molecule has 0 amide bonds. The van der Waals surface area contributed by atoms with Crippen LogP contribution in [0.3, 0.4) is 0 Å². The number of rotatable bonds is 1. The minimum atomic E-state index is -0.603. The Balaban J connectivity index is 2.65. The minimum absolute atomic E-state index is 0.330. The number of hydrogen-bond donors (Lipinski definition) is 0. The first-order chi connectivity index (χ1) is 8.85. The first-order valence-electron chi connectivity index (χ1n) is 5.82. The second-order valence-corrected chi connectivity index (χ2v) is 6.23. The van der Waals surface area contributed by atoms with Crippen LogP contribution in [0, 0.1) is 3.57 Å². The smallest absolute Gasteiger partial charge is 0.419 e. The molecule has 0 unspecified atom stereocenters.